The molecular weight excluding hydrogens is 334 g/mol. The summed E-state index contributed by atoms with van der Waals surface area (Å²) in [6.45, 7) is 3.24. The van der Waals surface area contributed by atoms with Gasteiger partial charge in [0.05, 0.1) is 13.0 Å². The van der Waals surface area contributed by atoms with E-state index in [1.807, 2.05) is 9.80 Å². The molecule has 1 aromatic rings. The van der Waals surface area contributed by atoms with Crippen LogP contribution in [0.5, 0.6) is 11.5 Å². The highest BCUT2D eigenvalue weighted by Gasteiger charge is 2.31. The van der Waals surface area contributed by atoms with Crippen molar-refractivity contribution in [1.29, 1.82) is 0 Å². The molecule has 1 aromatic carbocycles. The van der Waals surface area contributed by atoms with Crippen LogP contribution in [0, 0.1) is 5.92 Å². The van der Waals surface area contributed by atoms with Crippen molar-refractivity contribution in [3.8, 4) is 11.5 Å². The number of benzene rings is 1. The Hall–Kier alpha value is -2.44. The molecule has 0 aliphatic carbocycles. The number of hydrogen-bond acceptors (Lipinski definition) is 4. The van der Waals surface area contributed by atoms with Crippen LogP contribution >= 0.6 is 0 Å². The molecule has 7 heteroatoms. The molecule has 1 atom stereocenters. The standard InChI is InChI=1S/C19H27N3O4/c1-26-17-11-14(6-7-16(17)23)12-20-18(24)15-5-4-10-22(13-15)19(25)21-8-2-3-9-21/h6-7,11,15,23H,2-5,8-10,12-13H2,1H3,(H,20,24)/t15-/m0/s1. The first-order valence-corrected chi connectivity index (χ1v) is 9.26. The summed E-state index contributed by atoms with van der Waals surface area (Å²) >= 11 is 0. The zero-order valence-corrected chi connectivity index (χ0v) is 15.2. The average molecular weight is 361 g/mol. The Morgan fingerprint density at radius 2 is 1.92 bits per heavy atom. The van der Waals surface area contributed by atoms with Crippen molar-refractivity contribution in [2.45, 2.75) is 32.2 Å². The molecule has 0 spiro atoms. The largest absolute Gasteiger partial charge is 0.504 e. The molecule has 2 saturated heterocycles. The Balaban J connectivity index is 1.53. The number of ether oxygens (including phenoxy) is 1. The number of amides is 3. The summed E-state index contributed by atoms with van der Waals surface area (Å²) in [6.07, 6.45) is 3.79. The maximum atomic E-state index is 12.5. The van der Waals surface area contributed by atoms with Crippen LogP contribution in [0.15, 0.2) is 18.2 Å². The first-order valence-electron chi connectivity index (χ1n) is 9.26. The molecule has 0 saturated carbocycles. The maximum Gasteiger partial charge on any atom is 0.320 e. The predicted molar refractivity (Wildman–Crippen MR) is 97.0 cm³/mol. The van der Waals surface area contributed by atoms with Crippen LogP contribution in [0.1, 0.15) is 31.2 Å². The van der Waals surface area contributed by atoms with Crippen molar-refractivity contribution in [1.82, 2.24) is 15.1 Å². The second kappa shape index (κ2) is 8.29. The van der Waals surface area contributed by atoms with E-state index in [-0.39, 0.29) is 23.6 Å². The number of nitrogens with one attached hydrogen (secondary N) is 1. The summed E-state index contributed by atoms with van der Waals surface area (Å²) in [5.41, 5.74) is 0.855. The van der Waals surface area contributed by atoms with Crippen molar-refractivity contribution >= 4 is 11.9 Å². The van der Waals surface area contributed by atoms with Crippen molar-refractivity contribution in [2.75, 3.05) is 33.3 Å². The summed E-state index contributed by atoms with van der Waals surface area (Å²) in [6, 6.07) is 5.09. The monoisotopic (exact) mass is 361 g/mol. The number of phenolic OH excluding ortho intramolecular Hbond substituents is 1. The van der Waals surface area contributed by atoms with Crippen molar-refractivity contribution in [3.05, 3.63) is 23.8 Å². The zero-order chi connectivity index (χ0) is 18.5. The number of piperidine rings is 1. The molecule has 7 nitrogen and oxygen atoms in total. The fourth-order valence-corrected chi connectivity index (χ4v) is 3.64. The van der Waals surface area contributed by atoms with Gasteiger partial charge in [-0.3, -0.25) is 4.79 Å². The Labute approximate surface area is 153 Å². The molecule has 0 radical (unpaired) electrons. The number of methoxy groups -OCH3 is 1. The Kier molecular flexibility index (Phi) is 5.85. The van der Waals surface area contributed by atoms with Crippen LogP contribution < -0.4 is 10.1 Å². The number of phenols is 1. The lowest BCUT2D eigenvalue weighted by Crippen LogP contribution is -2.49. The number of aromatic hydroxyl groups is 1. The van der Waals surface area contributed by atoms with Gasteiger partial charge in [0.25, 0.3) is 0 Å². The van der Waals surface area contributed by atoms with Gasteiger partial charge in [-0.05, 0) is 43.4 Å². The number of rotatable bonds is 4. The fourth-order valence-electron chi connectivity index (χ4n) is 3.64. The third-order valence-corrected chi connectivity index (χ3v) is 5.15. The van der Waals surface area contributed by atoms with E-state index in [2.05, 4.69) is 5.32 Å². The molecule has 0 aromatic heterocycles. The van der Waals surface area contributed by atoms with Gasteiger partial charge < -0.3 is 25.0 Å². The molecule has 2 fully saturated rings. The molecular formula is C19H27N3O4. The van der Waals surface area contributed by atoms with Crippen molar-refractivity contribution in [2.24, 2.45) is 5.92 Å². The van der Waals surface area contributed by atoms with Crippen LogP contribution in [-0.2, 0) is 11.3 Å². The highest BCUT2D eigenvalue weighted by Crippen LogP contribution is 2.26. The second-order valence-electron chi connectivity index (χ2n) is 6.99. The van der Waals surface area contributed by atoms with E-state index in [1.54, 1.807) is 18.2 Å². The highest BCUT2D eigenvalue weighted by molar-refractivity contribution is 5.81. The van der Waals surface area contributed by atoms with Crippen molar-refractivity contribution in [3.63, 3.8) is 0 Å². The predicted octanol–water partition coefficient (Wildman–Crippen LogP) is 1.94. The van der Waals surface area contributed by atoms with Gasteiger partial charge in [0, 0.05) is 32.7 Å². The first kappa shape index (κ1) is 18.4. The minimum absolute atomic E-state index is 0.0315. The molecule has 0 unspecified atom stereocenters. The van der Waals surface area contributed by atoms with Gasteiger partial charge in [0.2, 0.25) is 5.91 Å². The minimum atomic E-state index is -0.172. The number of urea groups is 1. The molecule has 0 bridgehead atoms. The molecule has 142 valence electrons. The molecule has 2 aliphatic heterocycles. The van der Waals surface area contributed by atoms with Gasteiger partial charge >= 0.3 is 6.03 Å². The topological polar surface area (TPSA) is 82.1 Å². The van der Waals surface area contributed by atoms with E-state index in [1.165, 1.54) is 7.11 Å². The Morgan fingerprint density at radius 3 is 2.65 bits per heavy atom. The normalized spacial score (nSPS) is 20.1. The SMILES string of the molecule is COc1cc(CNC(=O)[C@H]2CCCN(C(=O)N3CCCC3)C2)ccc1O. The summed E-state index contributed by atoms with van der Waals surface area (Å²) in [4.78, 5) is 28.8. The Morgan fingerprint density at radius 1 is 1.19 bits per heavy atom. The number of hydrogen-bond donors (Lipinski definition) is 2. The first-order chi connectivity index (χ1) is 12.6. The van der Waals surface area contributed by atoms with Gasteiger partial charge in [-0.15, -0.1) is 0 Å². The van der Waals surface area contributed by atoms with E-state index in [0.29, 0.717) is 18.8 Å². The lowest BCUT2D eigenvalue weighted by Gasteiger charge is -2.34. The van der Waals surface area contributed by atoms with Gasteiger partial charge in [-0.25, -0.2) is 4.79 Å². The third-order valence-electron chi connectivity index (χ3n) is 5.15. The lowest BCUT2D eigenvalue weighted by atomic mass is 9.97. The van der Waals surface area contributed by atoms with E-state index in [4.69, 9.17) is 4.74 Å². The average Bonchev–Trinajstić information content (AvgIpc) is 3.21. The molecule has 2 N–H and O–H groups in total. The van der Waals surface area contributed by atoms with Crippen LogP contribution in [-0.4, -0.2) is 60.1 Å². The number of likely N-dealkylation sites (tertiary alicyclic amines) is 2. The van der Waals surface area contributed by atoms with Crippen LogP contribution in [0.25, 0.3) is 0 Å². The van der Waals surface area contributed by atoms with Crippen LogP contribution in [0.2, 0.25) is 0 Å². The summed E-state index contributed by atoms with van der Waals surface area (Å²) in [7, 11) is 1.49. The zero-order valence-electron chi connectivity index (χ0n) is 15.2. The number of carbonyl (C=O) groups is 2. The molecule has 26 heavy (non-hydrogen) atoms. The van der Waals surface area contributed by atoms with E-state index in [9.17, 15) is 14.7 Å². The van der Waals surface area contributed by atoms with Gasteiger partial charge in [-0.1, -0.05) is 6.07 Å². The van der Waals surface area contributed by atoms with Crippen LogP contribution in [0.4, 0.5) is 4.79 Å². The van der Waals surface area contributed by atoms with Crippen LogP contribution in [0.3, 0.4) is 0 Å². The summed E-state index contributed by atoms with van der Waals surface area (Å²) in [5, 5.41) is 12.6. The fraction of sp³-hybridized carbons (Fsp3) is 0.579. The lowest BCUT2D eigenvalue weighted by molar-refractivity contribution is -0.126. The third kappa shape index (κ3) is 4.20. The van der Waals surface area contributed by atoms with E-state index in [0.717, 1.165) is 50.9 Å². The number of carbonyl (C=O) groups excluding carboxylic acids is 2. The maximum absolute atomic E-state index is 12.5. The Bertz CT molecular complexity index is 658. The molecule has 3 rings (SSSR count). The number of nitrogens with zero attached hydrogens (tertiary/aromatic N) is 2. The summed E-state index contributed by atoms with van der Waals surface area (Å²) in [5.74, 6) is 0.257. The quantitative estimate of drug-likeness (QED) is 0.859. The van der Waals surface area contributed by atoms with Gasteiger partial charge in [0.1, 0.15) is 0 Å². The minimum Gasteiger partial charge on any atom is -0.504 e. The summed E-state index contributed by atoms with van der Waals surface area (Å²) < 4.78 is 5.09. The van der Waals surface area contributed by atoms with E-state index < -0.39 is 0 Å². The molecule has 3 amide bonds. The van der Waals surface area contributed by atoms with Gasteiger partial charge in [-0.2, -0.15) is 0 Å². The highest BCUT2D eigenvalue weighted by atomic mass is 16.5. The van der Waals surface area contributed by atoms with Gasteiger partial charge in [0.15, 0.2) is 11.5 Å². The van der Waals surface area contributed by atoms with Crippen molar-refractivity contribution < 1.29 is 19.4 Å². The smallest absolute Gasteiger partial charge is 0.320 e. The molecule has 2 heterocycles. The molecule has 2 aliphatic rings. The second-order valence-corrected chi connectivity index (χ2v) is 6.99. The van der Waals surface area contributed by atoms with E-state index >= 15 is 0 Å².